The summed E-state index contributed by atoms with van der Waals surface area (Å²) in [4.78, 5) is 15.4. The molecule has 1 aliphatic rings. The molecular weight excluding hydrogens is 414 g/mol. The Morgan fingerprint density at radius 3 is 2.31 bits per heavy atom. The topological polar surface area (TPSA) is 124 Å². The number of hydrogen-bond donors (Lipinski definition) is 4. The Balaban J connectivity index is 2.02. The van der Waals surface area contributed by atoms with Gasteiger partial charge in [-0.2, -0.15) is 0 Å². The number of likely N-dealkylation sites (N-methyl/N-ethyl adjacent to an activating group) is 1. The van der Waals surface area contributed by atoms with E-state index < -0.39 is 28.3 Å². The Hall–Kier alpha value is -3.65. The largest absolute Gasteiger partial charge is 0.507 e. The molecule has 1 aromatic heterocycles. The lowest BCUT2D eigenvalue weighted by Crippen LogP contribution is -2.29. The van der Waals surface area contributed by atoms with Crippen LogP contribution >= 0.6 is 0 Å². The van der Waals surface area contributed by atoms with Crippen molar-refractivity contribution >= 4 is 17.0 Å². The Labute approximate surface area is 184 Å². The van der Waals surface area contributed by atoms with Gasteiger partial charge in [-0.3, -0.25) is 4.79 Å². The third kappa shape index (κ3) is 3.52. The van der Waals surface area contributed by atoms with E-state index in [1.165, 1.54) is 6.26 Å². The van der Waals surface area contributed by atoms with E-state index in [0.717, 1.165) is 12.1 Å². The monoisotopic (exact) mass is 439 g/mol. The lowest BCUT2D eigenvalue weighted by Gasteiger charge is -2.30. The molecule has 0 saturated carbocycles. The Bertz CT molecular complexity index is 1300. The first-order valence-electron chi connectivity index (χ1n) is 10.1. The summed E-state index contributed by atoms with van der Waals surface area (Å²) < 4.78 is 11.9. The highest BCUT2D eigenvalue weighted by Crippen LogP contribution is 2.45. The van der Waals surface area contributed by atoms with Crippen LogP contribution in [0.5, 0.6) is 28.7 Å². The Morgan fingerprint density at radius 2 is 1.69 bits per heavy atom. The van der Waals surface area contributed by atoms with Crippen molar-refractivity contribution in [1.82, 2.24) is 4.90 Å². The summed E-state index contributed by atoms with van der Waals surface area (Å²) in [6.07, 6.45) is 5.31. The molecule has 2 heterocycles. The number of fused-ring (bicyclic) bond motifs is 3. The number of hydrogen-bond acceptors (Lipinski definition) is 8. The second-order valence-electron chi connectivity index (χ2n) is 8.71. The van der Waals surface area contributed by atoms with E-state index in [2.05, 4.69) is 0 Å². The van der Waals surface area contributed by atoms with E-state index in [1.807, 2.05) is 45.0 Å². The van der Waals surface area contributed by atoms with Gasteiger partial charge in [-0.15, -0.1) is 0 Å². The van der Waals surface area contributed by atoms with E-state index in [1.54, 1.807) is 0 Å². The molecule has 4 N–H and O–H groups in total. The molecule has 0 fully saturated rings. The zero-order valence-electron chi connectivity index (χ0n) is 18.3. The van der Waals surface area contributed by atoms with Crippen molar-refractivity contribution in [2.75, 3.05) is 20.6 Å². The molecule has 32 heavy (non-hydrogen) atoms. The molecule has 0 bridgehead atoms. The summed E-state index contributed by atoms with van der Waals surface area (Å²) in [7, 11) is 3.82. The number of phenolic OH excluding ortho intramolecular Hbond substituents is 4. The molecule has 0 aliphatic carbocycles. The molecule has 0 unspecified atom stereocenters. The normalized spacial score (nSPS) is 14.5. The molecule has 0 saturated heterocycles. The molecule has 4 rings (SSSR count). The summed E-state index contributed by atoms with van der Waals surface area (Å²) in [6, 6.07) is 2.28. The Morgan fingerprint density at radius 1 is 1.03 bits per heavy atom. The maximum absolute atomic E-state index is 13.4. The second-order valence-corrected chi connectivity index (χ2v) is 8.71. The van der Waals surface area contributed by atoms with Gasteiger partial charge in [0.05, 0.1) is 11.1 Å². The van der Waals surface area contributed by atoms with Crippen molar-refractivity contribution in [3.8, 4) is 39.9 Å². The molecule has 0 atom stereocenters. The van der Waals surface area contributed by atoms with E-state index in [-0.39, 0.29) is 27.8 Å². The molecular formula is C24H25NO7. The number of benzene rings is 2. The van der Waals surface area contributed by atoms with Gasteiger partial charge in [0, 0.05) is 12.1 Å². The van der Waals surface area contributed by atoms with Crippen LogP contribution in [0.25, 0.3) is 28.2 Å². The highest BCUT2D eigenvalue weighted by Gasteiger charge is 2.30. The molecule has 0 amide bonds. The lowest BCUT2D eigenvalue weighted by molar-refractivity contribution is 0.156. The minimum atomic E-state index is -0.688. The van der Waals surface area contributed by atoms with Crippen LogP contribution < -0.4 is 10.2 Å². The maximum atomic E-state index is 13.4. The fourth-order valence-corrected chi connectivity index (χ4v) is 3.78. The minimum Gasteiger partial charge on any atom is -0.507 e. The molecule has 8 heteroatoms. The molecule has 8 nitrogen and oxygen atoms in total. The number of aromatic hydroxyl groups is 4. The predicted molar refractivity (Wildman–Crippen MR) is 121 cm³/mol. The van der Waals surface area contributed by atoms with Gasteiger partial charge in [0.2, 0.25) is 5.43 Å². The lowest BCUT2D eigenvalue weighted by atomic mass is 9.94. The molecule has 168 valence electrons. The van der Waals surface area contributed by atoms with Crippen molar-refractivity contribution < 1.29 is 29.6 Å². The third-order valence-corrected chi connectivity index (χ3v) is 5.49. The van der Waals surface area contributed by atoms with Crippen LogP contribution in [-0.2, 0) is 6.42 Å². The SMILES string of the molecule is CN(C)CCc1c2c(c3occ(-c4cc(O)c(O)c(O)c4)c(=O)c3c1O)C=CC(C)(C)O2. The van der Waals surface area contributed by atoms with Gasteiger partial charge in [0.15, 0.2) is 22.8 Å². The van der Waals surface area contributed by atoms with Crippen molar-refractivity contribution in [1.29, 1.82) is 0 Å². The highest BCUT2D eigenvalue weighted by atomic mass is 16.5. The van der Waals surface area contributed by atoms with Crippen LogP contribution in [0.1, 0.15) is 25.0 Å². The summed E-state index contributed by atoms with van der Waals surface area (Å²) in [5.41, 5.74) is 0.248. The standard InChI is InChI=1S/C24H25NO7/c1-24(2)7-5-14-22(32-24)13(6-8-25(3)4)19(28)18-20(29)15(11-31-23(14)18)12-9-16(26)21(30)17(27)10-12/h5,7,9-11,26-28,30H,6,8H2,1-4H3. The molecule has 0 spiro atoms. The summed E-state index contributed by atoms with van der Waals surface area (Å²) in [6.45, 7) is 4.41. The van der Waals surface area contributed by atoms with Gasteiger partial charge in [-0.25, -0.2) is 0 Å². The van der Waals surface area contributed by atoms with Crippen LogP contribution in [0.3, 0.4) is 0 Å². The molecule has 0 radical (unpaired) electrons. The summed E-state index contributed by atoms with van der Waals surface area (Å²) in [5.74, 6) is -1.61. The zero-order chi connectivity index (χ0) is 23.4. The highest BCUT2D eigenvalue weighted by molar-refractivity contribution is 5.97. The molecule has 1 aliphatic heterocycles. The van der Waals surface area contributed by atoms with Crippen LogP contribution in [0.4, 0.5) is 0 Å². The van der Waals surface area contributed by atoms with Crippen LogP contribution in [-0.4, -0.2) is 51.6 Å². The van der Waals surface area contributed by atoms with Crippen LogP contribution in [0, 0.1) is 0 Å². The maximum Gasteiger partial charge on any atom is 0.204 e. The first kappa shape index (κ1) is 21.6. The van der Waals surface area contributed by atoms with Crippen molar-refractivity contribution in [2.24, 2.45) is 0 Å². The number of ether oxygens (including phenoxy) is 1. The van der Waals surface area contributed by atoms with Gasteiger partial charge in [-0.05, 0) is 64.2 Å². The number of rotatable bonds is 4. The third-order valence-electron chi connectivity index (χ3n) is 5.49. The number of phenols is 4. The first-order chi connectivity index (χ1) is 15.0. The number of nitrogens with zero attached hydrogens (tertiary/aromatic N) is 1. The van der Waals surface area contributed by atoms with E-state index in [0.29, 0.717) is 29.8 Å². The Kier molecular flexibility index (Phi) is 5.05. The molecule has 3 aromatic rings. The quantitative estimate of drug-likeness (QED) is 0.455. The smallest absolute Gasteiger partial charge is 0.204 e. The van der Waals surface area contributed by atoms with E-state index in [4.69, 9.17) is 9.15 Å². The predicted octanol–water partition coefficient (Wildman–Crippen LogP) is 3.57. The molecule has 2 aromatic carbocycles. The second kappa shape index (κ2) is 7.49. The summed E-state index contributed by atoms with van der Waals surface area (Å²) in [5, 5.41) is 40.5. The van der Waals surface area contributed by atoms with Gasteiger partial charge in [-0.1, -0.05) is 0 Å². The minimum absolute atomic E-state index is 0.0120. The van der Waals surface area contributed by atoms with Crippen molar-refractivity contribution in [2.45, 2.75) is 25.9 Å². The van der Waals surface area contributed by atoms with E-state index >= 15 is 0 Å². The van der Waals surface area contributed by atoms with Gasteiger partial charge in [0.25, 0.3) is 0 Å². The van der Waals surface area contributed by atoms with Gasteiger partial charge in [0.1, 0.15) is 28.7 Å². The van der Waals surface area contributed by atoms with Crippen LogP contribution in [0.2, 0.25) is 0 Å². The average Bonchev–Trinajstić information content (AvgIpc) is 2.70. The summed E-state index contributed by atoms with van der Waals surface area (Å²) >= 11 is 0. The van der Waals surface area contributed by atoms with Gasteiger partial charge >= 0.3 is 0 Å². The average molecular weight is 439 g/mol. The van der Waals surface area contributed by atoms with Gasteiger partial charge < -0.3 is 34.5 Å². The van der Waals surface area contributed by atoms with E-state index in [9.17, 15) is 25.2 Å². The van der Waals surface area contributed by atoms with Crippen LogP contribution in [0.15, 0.2) is 33.7 Å². The first-order valence-corrected chi connectivity index (χ1v) is 10.1. The fraction of sp³-hybridized carbons (Fsp3) is 0.292. The fourth-order valence-electron chi connectivity index (χ4n) is 3.78. The van der Waals surface area contributed by atoms with Crippen molar-refractivity contribution in [3.05, 3.63) is 45.8 Å². The zero-order valence-corrected chi connectivity index (χ0v) is 18.3. The van der Waals surface area contributed by atoms with Crippen molar-refractivity contribution in [3.63, 3.8) is 0 Å².